The zero-order valence-electron chi connectivity index (χ0n) is 12.5. The molecule has 118 valence electrons. The SMILES string of the molecule is CCc1ccccc1NC(=O)CSc1nc2ncc(Cl)cc2[nH]1. The van der Waals surface area contributed by atoms with Crippen molar-refractivity contribution < 1.29 is 4.79 Å². The average molecular weight is 347 g/mol. The molecule has 3 rings (SSSR count). The first-order chi connectivity index (χ1) is 11.2. The number of halogens is 1. The van der Waals surface area contributed by atoms with Crippen LogP contribution < -0.4 is 5.32 Å². The Morgan fingerprint density at radius 2 is 2.22 bits per heavy atom. The molecule has 1 aromatic carbocycles. The third-order valence-electron chi connectivity index (χ3n) is 3.29. The van der Waals surface area contributed by atoms with Crippen LogP contribution in [0.5, 0.6) is 0 Å². The van der Waals surface area contributed by atoms with Crippen LogP contribution in [0.4, 0.5) is 5.69 Å². The summed E-state index contributed by atoms with van der Waals surface area (Å²) in [7, 11) is 0. The van der Waals surface area contributed by atoms with Gasteiger partial charge in [0.05, 0.1) is 16.3 Å². The second-order valence-corrected chi connectivity index (χ2v) is 6.31. The summed E-state index contributed by atoms with van der Waals surface area (Å²) in [4.78, 5) is 23.7. The Labute approximate surface area is 142 Å². The number of aromatic nitrogens is 3. The zero-order valence-corrected chi connectivity index (χ0v) is 14.0. The van der Waals surface area contributed by atoms with Gasteiger partial charge < -0.3 is 10.3 Å². The number of fused-ring (bicyclic) bond motifs is 1. The molecule has 0 unspecified atom stereocenters. The summed E-state index contributed by atoms with van der Waals surface area (Å²) in [6.45, 7) is 2.06. The van der Waals surface area contributed by atoms with Crippen LogP contribution >= 0.6 is 23.4 Å². The second-order valence-electron chi connectivity index (χ2n) is 4.91. The highest BCUT2D eigenvalue weighted by Gasteiger charge is 2.09. The first-order valence-corrected chi connectivity index (χ1v) is 8.54. The monoisotopic (exact) mass is 346 g/mol. The molecule has 0 atom stereocenters. The van der Waals surface area contributed by atoms with Crippen LogP contribution in [0.1, 0.15) is 12.5 Å². The molecule has 1 amide bonds. The van der Waals surface area contributed by atoms with E-state index in [-0.39, 0.29) is 11.7 Å². The molecule has 0 fully saturated rings. The van der Waals surface area contributed by atoms with Gasteiger partial charge in [0.2, 0.25) is 5.91 Å². The number of carbonyl (C=O) groups excluding carboxylic acids is 1. The van der Waals surface area contributed by atoms with E-state index in [2.05, 4.69) is 27.2 Å². The van der Waals surface area contributed by atoms with E-state index in [0.29, 0.717) is 15.8 Å². The number of aryl methyl sites for hydroxylation is 1. The lowest BCUT2D eigenvalue weighted by molar-refractivity contribution is -0.113. The number of hydrogen-bond donors (Lipinski definition) is 2. The Morgan fingerprint density at radius 3 is 3.04 bits per heavy atom. The molecule has 0 bridgehead atoms. The van der Waals surface area contributed by atoms with Crippen molar-refractivity contribution in [3.05, 3.63) is 47.1 Å². The normalized spacial score (nSPS) is 10.9. The first-order valence-electron chi connectivity index (χ1n) is 7.17. The third kappa shape index (κ3) is 3.83. The molecule has 0 aliphatic heterocycles. The number of benzene rings is 1. The number of imidazole rings is 1. The van der Waals surface area contributed by atoms with Crippen molar-refractivity contribution in [3.8, 4) is 0 Å². The number of thioether (sulfide) groups is 1. The van der Waals surface area contributed by atoms with Crippen LogP contribution in [0.25, 0.3) is 11.2 Å². The van der Waals surface area contributed by atoms with Gasteiger partial charge in [-0.2, -0.15) is 0 Å². The number of aromatic amines is 1. The van der Waals surface area contributed by atoms with Crippen molar-refractivity contribution in [1.82, 2.24) is 15.0 Å². The Kier molecular flexibility index (Phi) is 4.83. The van der Waals surface area contributed by atoms with Crippen LogP contribution in [-0.2, 0) is 11.2 Å². The van der Waals surface area contributed by atoms with E-state index in [0.717, 1.165) is 23.2 Å². The fourth-order valence-electron chi connectivity index (χ4n) is 2.19. The maximum atomic E-state index is 12.1. The lowest BCUT2D eigenvalue weighted by Gasteiger charge is -2.08. The van der Waals surface area contributed by atoms with E-state index >= 15 is 0 Å². The lowest BCUT2D eigenvalue weighted by atomic mass is 10.1. The maximum Gasteiger partial charge on any atom is 0.234 e. The van der Waals surface area contributed by atoms with Crippen molar-refractivity contribution in [2.75, 3.05) is 11.1 Å². The fraction of sp³-hybridized carbons (Fsp3) is 0.188. The Bertz CT molecular complexity index is 849. The van der Waals surface area contributed by atoms with E-state index in [9.17, 15) is 4.79 Å². The predicted octanol–water partition coefficient (Wildman–Crippen LogP) is 3.90. The Morgan fingerprint density at radius 1 is 1.39 bits per heavy atom. The molecule has 5 nitrogen and oxygen atoms in total. The van der Waals surface area contributed by atoms with Gasteiger partial charge in [-0.25, -0.2) is 9.97 Å². The highest BCUT2D eigenvalue weighted by molar-refractivity contribution is 7.99. The molecule has 0 radical (unpaired) electrons. The molecule has 2 N–H and O–H groups in total. The fourth-order valence-corrected chi connectivity index (χ4v) is 3.02. The minimum Gasteiger partial charge on any atom is -0.331 e. The first kappa shape index (κ1) is 15.8. The topological polar surface area (TPSA) is 70.7 Å². The lowest BCUT2D eigenvalue weighted by Crippen LogP contribution is -2.15. The van der Waals surface area contributed by atoms with Crippen LogP contribution in [0.2, 0.25) is 5.02 Å². The van der Waals surface area contributed by atoms with Gasteiger partial charge in [-0.1, -0.05) is 48.5 Å². The highest BCUT2D eigenvalue weighted by atomic mass is 35.5. The average Bonchev–Trinajstić information content (AvgIpc) is 2.95. The van der Waals surface area contributed by atoms with Crippen molar-refractivity contribution in [2.24, 2.45) is 0 Å². The number of nitrogens with zero attached hydrogens (tertiary/aromatic N) is 2. The predicted molar refractivity (Wildman–Crippen MR) is 94.1 cm³/mol. The molecule has 0 aliphatic carbocycles. The standard InChI is InChI=1S/C16H15ClN4OS/c1-2-10-5-3-4-6-12(10)19-14(22)9-23-16-20-13-7-11(17)8-18-15(13)21-16/h3-8H,2,9H2,1H3,(H,19,22)(H,18,20,21). The van der Waals surface area contributed by atoms with Gasteiger partial charge >= 0.3 is 0 Å². The van der Waals surface area contributed by atoms with E-state index in [1.807, 2.05) is 24.3 Å². The third-order valence-corrected chi connectivity index (χ3v) is 4.37. The van der Waals surface area contributed by atoms with Crippen molar-refractivity contribution >= 4 is 46.1 Å². The molecule has 2 heterocycles. The summed E-state index contributed by atoms with van der Waals surface area (Å²) in [6.07, 6.45) is 2.42. The second kappa shape index (κ2) is 7.02. The number of amides is 1. The van der Waals surface area contributed by atoms with E-state index in [4.69, 9.17) is 11.6 Å². The molecule has 23 heavy (non-hydrogen) atoms. The molecule has 7 heteroatoms. The largest absolute Gasteiger partial charge is 0.331 e. The summed E-state index contributed by atoms with van der Waals surface area (Å²) in [5.41, 5.74) is 3.33. The van der Waals surface area contributed by atoms with Gasteiger partial charge in [-0.15, -0.1) is 0 Å². The molecule has 0 saturated heterocycles. The molecule has 2 aromatic heterocycles. The van der Waals surface area contributed by atoms with Crippen molar-refractivity contribution in [1.29, 1.82) is 0 Å². The summed E-state index contributed by atoms with van der Waals surface area (Å²) in [6, 6.07) is 9.57. The number of H-pyrrole nitrogens is 1. The number of para-hydroxylation sites is 1. The molecule has 0 saturated carbocycles. The van der Waals surface area contributed by atoms with Crippen molar-refractivity contribution in [3.63, 3.8) is 0 Å². The van der Waals surface area contributed by atoms with Gasteiger partial charge in [-0.05, 0) is 24.1 Å². The number of rotatable bonds is 5. The molecule has 0 aliphatic rings. The van der Waals surface area contributed by atoms with Crippen molar-refractivity contribution in [2.45, 2.75) is 18.5 Å². The van der Waals surface area contributed by atoms with E-state index in [1.165, 1.54) is 11.8 Å². The van der Waals surface area contributed by atoms with Gasteiger partial charge in [0.15, 0.2) is 10.8 Å². The smallest absolute Gasteiger partial charge is 0.234 e. The van der Waals surface area contributed by atoms with Gasteiger partial charge in [-0.3, -0.25) is 4.79 Å². The Hall–Kier alpha value is -2.05. The van der Waals surface area contributed by atoms with Crippen LogP contribution in [0, 0.1) is 0 Å². The van der Waals surface area contributed by atoms with Crippen LogP contribution in [0.3, 0.4) is 0 Å². The number of pyridine rings is 1. The highest BCUT2D eigenvalue weighted by Crippen LogP contribution is 2.21. The van der Waals surface area contributed by atoms with E-state index < -0.39 is 0 Å². The summed E-state index contributed by atoms with van der Waals surface area (Å²) in [5.74, 6) is 0.202. The Balaban J connectivity index is 1.63. The molecule has 0 spiro atoms. The zero-order chi connectivity index (χ0) is 16.2. The van der Waals surface area contributed by atoms with Gasteiger partial charge in [0.1, 0.15) is 0 Å². The summed E-state index contributed by atoms with van der Waals surface area (Å²) >= 11 is 7.22. The van der Waals surface area contributed by atoms with Crippen LogP contribution in [0.15, 0.2) is 41.7 Å². The van der Waals surface area contributed by atoms with Crippen LogP contribution in [-0.4, -0.2) is 26.6 Å². The minimum atomic E-state index is -0.0673. The van der Waals surface area contributed by atoms with Gasteiger partial charge in [0.25, 0.3) is 0 Å². The number of nitrogens with one attached hydrogen (secondary N) is 2. The quantitative estimate of drug-likeness (QED) is 0.687. The number of anilines is 1. The summed E-state index contributed by atoms with van der Waals surface area (Å²) < 4.78 is 0. The van der Waals surface area contributed by atoms with E-state index in [1.54, 1.807) is 12.3 Å². The maximum absolute atomic E-state index is 12.1. The minimum absolute atomic E-state index is 0.0673. The number of carbonyl (C=O) groups is 1. The molecular formula is C16H15ClN4OS. The molecule has 3 aromatic rings. The summed E-state index contributed by atoms with van der Waals surface area (Å²) in [5, 5.41) is 4.13. The molecular weight excluding hydrogens is 332 g/mol. The number of hydrogen-bond acceptors (Lipinski definition) is 4. The van der Waals surface area contributed by atoms with Gasteiger partial charge in [0, 0.05) is 11.9 Å².